The van der Waals surface area contributed by atoms with Crippen LogP contribution in [0, 0.1) is 0 Å². The SMILES string of the molecule is O=C1NC(=S)N(c2cccc(Cl)c2)C(=O)/C1=C\c1cn(Cc2ccccc2)c2ccccc12. The van der Waals surface area contributed by atoms with Crippen LogP contribution >= 0.6 is 23.8 Å². The number of aromatic nitrogens is 1. The second-order valence-electron chi connectivity index (χ2n) is 7.65. The molecule has 162 valence electrons. The lowest BCUT2D eigenvalue weighted by atomic mass is 10.1. The highest BCUT2D eigenvalue weighted by atomic mass is 35.5. The first kappa shape index (κ1) is 21.1. The van der Waals surface area contributed by atoms with Gasteiger partial charge in [0.2, 0.25) is 0 Å². The molecule has 1 fully saturated rings. The highest BCUT2D eigenvalue weighted by Crippen LogP contribution is 2.28. The van der Waals surface area contributed by atoms with Gasteiger partial charge in [-0.1, -0.05) is 66.2 Å². The maximum absolute atomic E-state index is 13.4. The third-order valence-electron chi connectivity index (χ3n) is 5.48. The van der Waals surface area contributed by atoms with Crippen molar-refractivity contribution in [3.63, 3.8) is 0 Å². The molecule has 0 bridgehead atoms. The molecule has 7 heteroatoms. The van der Waals surface area contributed by atoms with Crippen molar-refractivity contribution in [3.05, 3.63) is 107 Å². The Morgan fingerprint density at radius 2 is 1.70 bits per heavy atom. The van der Waals surface area contributed by atoms with E-state index < -0.39 is 11.8 Å². The molecule has 4 aromatic rings. The van der Waals surface area contributed by atoms with E-state index in [2.05, 4.69) is 22.0 Å². The van der Waals surface area contributed by atoms with E-state index >= 15 is 0 Å². The normalized spacial score (nSPS) is 15.4. The van der Waals surface area contributed by atoms with Gasteiger partial charge in [0.25, 0.3) is 11.8 Å². The molecule has 0 spiro atoms. The number of anilines is 1. The third kappa shape index (κ3) is 4.06. The van der Waals surface area contributed by atoms with E-state index in [-0.39, 0.29) is 10.7 Å². The van der Waals surface area contributed by atoms with Gasteiger partial charge in [0.15, 0.2) is 5.11 Å². The molecule has 1 aliphatic rings. The number of hydrogen-bond acceptors (Lipinski definition) is 3. The fraction of sp³-hybridized carbons (Fsp3) is 0.0385. The Morgan fingerprint density at radius 1 is 0.939 bits per heavy atom. The molecule has 33 heavy (non-hydrogen) atoms. The van der Waals surface area contributed by atoms with Crippen LogP contribution in [0.1, 0.15) is 11.1 Å². The smallest absolute Gasteiger partial charge is 0.270 e. The summed E-state index contributed by atoms with van der Waals surface area (Å²) in [4.78, 5) is 27.4. The molecule has 0 aliphatic carbocycles. The number of nitrogens with one attached hydrogen (secondary N) is 1. The maximum atomic E-state index is 13.4. The van der Waals surface area contributed by atoms with Crippen LogP contribution in [0.15, 0.2) is 90.6 Å². The number of carbonyl (C=O) groups is 2. The average molecular weight is 472 g/mol. The van der Waals surface area contributed by atoms with Gasteiger partial charge in [-0.25, -0.2) is 0 Å². The fourth-order valence-electron chi connectivity index (χ4n) is 3.96. The Morgan fingerprint density at radius 3 is 2.48 bits per heavy atom. The third-order valence-corrected chi connectivity index (χ3v) is 6.00. The van der Waals surface area contributed by atoms with Gasteiger partial charge >= 0.3 is 0 Å². The second kappa shape index (κ2) is 8.65. The standard InChI is InChI=1S/C26H18ClN3O2S/c27-19-9-6-10-20(14-19)30-25(32)22(24(31)28-26(30)33)13-18-16-29(15-17-7-2-1-3-8-17)23-12-5-4-11-21(18)23/h1-14,16H,15H2,(H,28,31,33)/b22-13-. The molecular weight excluding hydrogens is 454 g/mol. The van der Waals surface area contributed by atoms with Crippen LogP contribution in [0.2, 0.25) is 5.02 Å². The van der Waals surface area contributed by atoms with E-state index in [4.69, 9.17) is 23.8 Å². The predicted molar refractivity (Wildman–Crippen MR) is 135 cm³/mol. The number of thiocarbonyl (C=S) groups is 1. The summed E-state index contributed by atoms with van der Waals surface area (Å²) in [5.74, 6) is -1.02. The zero-order valence-corrected chi connectivity index (χ0v) is 18.9. The summed E-state index contributed by atoms with van der Waals surface area (Å²) in [5.41, 5.74) is 3.44. The van der Waals surface area contributed by atoms with Crippen LogP contribution in [0.4, 0.5) is 5.69 Å². The quantitative estimate of drug-likeness (QED) is 0.253. The van der Waals surface area contributed by atoms with Crippen LogP contribution in [0.3, 0.4) is 0 Å². The van der Waals surface area contributed by atoms with Crippen molar-refractivity contribution in [1.82, 2.24) is 9.88 Å². The minimum absolute atomic E-state index is 0.00573. The molecule has 1 N–H and O–H groups in total. The van der Waals surface area contributed by atoms with Gasteiger partial charge in [0.1, 0.15) is 5.57 Å². The zero-order valence-electron chi connectivity index (χ0n) is 17.4. The summed E-state index contributed by atoms with van der Waals surface area (Å²) < 4.78 is 2.11. The Labute approximate surface area is 200 Å². The lowest BCUT2D eigenvalue weighted by Crippen LogP contribution is -2.54. The first-order chi connectivity index (χ1) is 16.0. The van der Waals surface area contributed by atoms with Crippen LogP contribution in [0.25, 0.3) is 17.0 Å². The molecular formula is C26H18ClN3O2S. The largest absolute Gasteiger partial charge is 0.342 e. The number of nitrogens with zero attached hydrogens (tertiary/aromatic N) is 2. The Balaban J connectivity index is 1.58. The van der Waals surface area contributed by atoms with Gasteiger partial charge < -0.3 is 4.57 Å². The van der Waals surface area contributed by atoms with E-state index in [0.717, 1.165) is 22.0 Å². The van der Waals surface area contributed by atoms with Crippen LogP contribution in [-0.2, 0) is 16.1 Å². The van der Waals surface area contributed by atoms with Crippen molar-refractivity contribution in [2.45, 2.75) is 6.54 Å². The number of halogens is 1. The molecule has 3 aromatic carbocycles. The summed E-state index contributed by atoms with van der Waals surface area (Å²) >= 11 is 11.4. The van der Waals surface area contributed by atoms with Crippen LogP contribution in [0.5, 0.6) is 0 Å². The first-order valence-corrected chi connectivity index (χ1v) is 11.1. The molecule has 5 rings (SSSR count). The van der Waals surface area contributed by atoms with Crippen molar-refractivity contribution in [2.75, 3.05) is 4.90 Å². The van der Waals surface area contributed by atoms with E-state index in [9.17, 15) is 9.59 Å². The molecule has 1 aromatic heterocycles. The summed E-state index contributed by atoms with van der Waals surface area (Å²) in [5, 5.41) is 4.06. The number of hydrogen-bond donors (Lipinski definition) is 1. The van der Waals surface area contributed by atoms with Gasteiger partial charge in [-0.2, -0.15) is 0 Å². The number of benzene rings is 3. The first-order valence-electron chi connectivity index (χ1n) is 10.3. The van der Waals surface area contributed by atoms with Crippen LogP contribution in [-0.4, -0.2) is 21.5 Å². The summed E-state index contributed by atoms with van der Waals surface area (Å²) in [7, 11) is 0. The summed E-state index contributed by atoms with van der Waals surface area (Å²) in [6, 6.07) is 24.8. The van der Waals surface area contributed by atoms with Crippen molar-refractivity contribution < 1.29 is 9.59 Å². The highest BCUT2D eigenvalue weighted by Gasteiger charge is 2.34. The topological polar surface area (TPSA) is 54.3 Å². The Hall–Kier alpha value is -3.74. The van der Waals surface area contributed by atoms with Gasteiger partial charge in [-0.05, 0) is 48.1 Å². The van der Waals surface area contributed by atoms with Gasteiger partial charge in [-0.3, -0.25) is 19.8 Å². The average Bonchev–Trinajstić information content (AvgIpc) is 3.14. The summed E-state index contributed by atoms with van der Waals surface area (Å²) in [6.45, 7) is 0.670. The lowest BCUT2D eigenvalue weighted by molar-refractivity contribution is -0.122. The second-order valence-corrected chi connectivity index (χ2v) is 8.48. The minimum atomic E-state index is -0.525. The number of amides is 2. The Kier molecular flexibility index (Phi) is 5.54. The highest BCUT2D eigenvalue weighted by molar-refractivity contribution is 7.80. The molecule has 1 saturated heterocycles. The summed E-state index contributed by atoms with van der Waals surface area (Å²) in [6.07, 6.45) is 3.59. The minimum Gasteiger partial charge on any atom is -0.342 e. The monoisotopic (exact) mass is 471 g/mol. The maximum Gasteiger partial charge on any atom is 0.270 e. The van der Waals surface area contributed by atoms with E-state index in [0.29, 0.717) is 17.3 Å². The molecule has 2 heterocycles. The van der Waals surface area contributed by atoms with E-state index in [1.165, 1.54) is 4.90 Å². The van der Waals surface area contributed by atoms with Crippen molar-refractivity contribution in [1.29, 1.82) is 0 Å². The number of rotatable bonds is 4. The molecule has 2 amide bonds. The van der Waals surface area contributed by atoms with Gasteiger partial charge in [-0.15, -0.1) is 0 Å². The molecule has 0 saturated carbocycles. The number of para-hydroxylation sites is 1. The predicted octanol–water partition coefficient (Wildman–Crippen LogP) is 5.17. The zero-order chi connectivity index (χ0) is 22.9. The number of fused-ring (bicyclic) bond motifs is 1. The molecule has 0 unspecified atom stereocenters. The lowest BCUT2D eigenvalue weighted by Gasteiger charge is -2.29. The van der Waals surface area contributed by atoms with Gasteiger partial charge in [0, 0.05) is 34.2 Å². The van der Waals surface area contributed by atoms with Crippen molar-refractivity contribution >= 4 is 63.4 Å². The fourth-order valence-corrected chi connectivity index (χ4v) is 4.43. The van der Waals surface area contributed by atoms with Gasteiger partial charge in [0.05, 0.1) is 5.69 Å². The van der Waals surface area contributed by atoms with Crippen LogP contribution < -0.4 is 10.2 Å². The van der Waals surface area contributed by atoms with E-state index in [1.54, 1.807) is 30.3 Å². The molecule has 0 atom stereocenters. The van der Waals surface area contributed by atoms with Crippen molar-refractivity contribution in [3.8, 4) is 0 Å². The Bertz CT molecular complexity index is 1440. The van der Waals surface area contributed by atoms with E-state index in [1.807, 2.05) is 48.7 Å². The van der Waals surface area contributed by atoms with Crippen molar-refractivity contribution in [2.24, 2.45) is 0 Å². The number of carbonyl (C=O) groups excluding carboxylic acids is 2. The molecule has 1 aliphatic heterocycles. The molecule has 0 radical (unpaired) electrons. The molecule has 5 nitrogen and oxygen atoms in total.